The van der Waals surface area contributed by atoms with E-state index in [0.29, 0.717) is 5.75 Å². The summed E-state index contributed by atoms with van der Waals surface area (Å²) in [5.41, 5.74) is 2.26. The van der Waals surface area contributed by atoms with E-state index in [1.807, 2.05) is 47.8 Å². The predicted molar refractivity (Wildman–Crippen MR) is 97.4 cm³/mol. The SMILES string of the molecule is Cc1ccc([C@H](NC(=O)COc2ccccc2)c2cccs2)cc1. The van der Waals surface area contributed by atoms with E-state index >= 15 is 0 Å². The van der Waals surface area contributed by atoms with Crippen LogP contribution in [0.15, 0.2) is 72.1 Å². The molecule has 122 valence electrons. The number of ether oxygens (including phenoxy) is 1. The zero-order valence-electron chi connectivity index (χ0n) is 13.4. The van der Waals surface area contributed by atoms with Crippen molar-refractivity contribution in [2.75, 3.05) is 6.61 Å². The van der Waals surface area contributed by atoms with Crippen molar-refractivity contribution in [1.29, 1.82) is 0 Å². The molecule has 1 N–H and O–H groups in total. The van der Waals surface area contributed by atoms with E-state index in [4.69, 9.17) is 4.74 Å². The molecule has 0 aliphatic carbocycles. The van der Waals surface area contributed by atoms with Crippen molar-refractivity contribution in [2.45, 2.75) is 13.0 Å². The van der Waals surface area contributed by atoms with Crippen LogP contribution in [-0.2, 0) is 4.79 Å². The Morgan fingerprint density at radius 3 is 2.46 bits per heavy atom. The van der Waals surface area contributed by atoms with Crippen LogP contribution in [0, 0.1) is 6.92 Å². The van der Waals surface area contributed by atoms with Crippen molar-refractivity contribution in [3.8, 4) is 5.75 Å². The molecule has 0 unspecified atom stereocenters. The van der Waals surface area contributed by atoms with Gasteiger partial charge in [-0.05, 0) is 36.1 Å². The van der Waals surface area contributed by atoms with Gasteiger partial charge in [-0.3, -0.25) is 4.79 Å². The van der Waals surface area contributed by atoms with Crippen LogP contribution in [0.3, 0.4) is 0 Å². The maximum Gasteiger partial charge on any atom is 0.258 e. The van der Waals surface area contributed by atoms with Crippen LogP contribution in [0.1, 0.15) is 22.0 Å². The average Bonchev–Trinajstić information content (AvgIpc) is 3.14. The molecular formula is C20H19NO2S. The van der Waals surface area contributed by atoms with Gasteiger partial charge in [-0.1, -0.05) is 54.1 Å². The number of hydrogen-bond donors (Lipinski definition) is 1. The van der Waals surface area contributed by atoms with Crippen LogP contribution in [-0.4, -0.2) is 12.5 Å². The summed E-state index contributed by atoms with van der Waals surface area (Å²) in [7, 11) is 0. The van der Waals surface area contributed by atoms with Crippen molar-refractivity contribution in [3.05, 3.63) is 88.1 Å². The lowest BCUT2D eigenvalue weighted by atomic mass is 10.0. The van der Waals surface area contributed by atoms with Crippen LogP contribution < -0.4 is 10.1 Å². The molecule has 0 saturated heterocycles. The van der Waals surface area contributed by atoms with E-state index in [2.05, 4.69) is 36.5 Å². The number of hydrogen-bond acceptors (Lipinski definition) is 3. The van der Waals surface area contributed by atoms with Crippen molar-refractivity contribution in [2.24, 2.45) is 0 Å². The lowest BCUT2D eigenvalue weighted by Gasteiger charge is -2.18. The smallest absolute Gasteiger partial charge is 0.258 e. The molecule has 0 aliphatic rings. The summed E-state index contributed by atoms with van der Waals surface area (Å²) < 4.78 is 5.53. The first-order valence-electron chi connectivity index (χ1n) is 7.79. The quantitative estimate of drug-likeness (QED) is 0.726. The van der Waals surface area contributed by atoms with Crippen molar-refractivity contribution >= 4 is 17.2 Å². The van der Waals surface area contributed by atoms with E-state index in [1.54, 1.807) is 11.3 Å². The van der Waals surface area contributed by atoms with Gasteiger partial charge < -0.3 is 10.1 Å². The number of para-hydroxylation sites is 1. The fraction of sp³-hybridized carbons (Fsp3) is 0.150. The lowest BCUT2D eigenvalue weighted by Crippen LogP contribution is -2.32. The Bertz CT molecular complexity index is 767. The van der Waals surface area contributed by atoms with E-state index in [9.17, 15) is 4.79 Å². The molecule has 3 rings (SSSR count). The third-order valence-electron chi connectivity index (χ3n) is 3.66. The maximum atomic E-state index is 12.3. The third-order valence-corrected chi connectivity index (χ3v) is 4.59. The summed E-state index contributed by atoms with van der Waals surface area (Å²) >= 11 is 1.63. The number of benzene rings is 2. The fourth-order valence-electron chi connectivity index (χ4n) is 2.40. The second-order valence-electron chi connectivity index (χ2n) is 5.53. The summed E-state index contributed by atoms with van der Waals surface area (Å²) in [4.78, 5) is 13.4. The van der Waals surface area contributed by atoms with Crippen molar-refractivity contribution in [3.63, 3.8) is 0 Å². The predicted octanol–water partition coefficient (Wildman–Crippen LogP) is 4.34. The Morgan fingerprint density at radius 1 is 1.04 bits per heavy atom. The van der Waals surface area contributed by atoms with Gasteiger partial charge in [-0.15, -0.1) is 11.3 Å². The minimum Gasteiger partial charge on any atom is -0.484 e. The Labute approximate surface area is 145 Å². The molecular weight excluding hydrogens is 318 g/mol. The first-order chi connectivity index (χ1) is 11.7. The van der Waals surface area contributed by atoms with E-state index in [-0.39, 0.29) is 18.6 Å². The number of carbonyl (C=O) groups excluding carboxylic acids is 1. The molecule has 0 fully saturated rings. The molecule has 0 saturated carbocycles. The minimum absolute atomic E-state index is 0.00223. The van der Waals surface area contributed by atoms with Gasteiger partial charge in [0.05, 0.1) is 6.04 Å². The molecule has 3 aromatic rings. The number of rotatable bonds is 6. The first-order valence-corrected chi connectivity index (χ1v) is 8.67. The highest BCUT2D eigenvalue weighted by Gasteiger charge is 2.18. The Morgan fingerprint density at radius 2 is 1.79 bits per heavy atom. The summed E-state index contributed by atoms with van der Waals surface area (Å²) in [6, 6.07) is 21.5. The molecule has 24 heavy (non-hydrogen) atoms. The van der Waals surface area contributed by atoms with E-state index in [0.717, 1.165) is 10.4 Å². The normalized spacial score (nSPS) is 11.7. The zero-order chi connectivity index (χ0) is 16.8. The highest BCUT2D eigenvalue weighted by Crippen LogP contribution is 2.26. The zero-order valence-corrected chi connectivity index (χ0v) is 14.3. The monoisotopic (exact) mass is 337 g/mol. The van der Waals surface area contributed by atoms with Gasteiger partial charge in [0.2, 0.25) is 0 Å². The van der Waals surface area contributed by atoms with Gasteiger partial charge in [0.25, 0.3) is 5.91 Å². The third kappa shape index (κ3) is 4.24. The van der Waals surface area contributed by atoms with Gasteiger partial charge in [0.1, 0.15) is 5.75 Å². The number of carbonyl (C=O) groups is 1. The average molecular weight is 337 g/mol. The lowest BCUT2D eigenvalue weighted by molar-refractivity contribution is -0.123. The summed E-state index contributed by atoms with van der Waals surface area (Å²) in [6.07, 6.45) is 0. The molecule has 0 bridgehead atoms. The summed E-state index contributed by atoms with van der Waals surface area (Å²) in [6.45, 7) is 2.05. The van der Waals surface area contributed by atoms with Crippen LogP contribution in [0.25, 0.3) is 0 Å². The second kappa shape index (κ2) is 7.79. The molecule has 0 radical (unpaired) electrons. The molecule has 4 heteroatoms. The maximum absolute atomic E-state index is 12.3. The highest BCUT2D eigenvalue weighted by atomic mass is 32.1. The Kier molecular flexibility index (Phi) is 5.29. The highest BCUT2D eigenvalue weighted by molar-refractivity contribution is 7.10. The number of amides is 1. The molecule has 1 aromatic heterocycles. The minimum atomic E-state index is -0.155. The van der Waals surface area contributed by atoms with Crippen LogP contribution >= 0.6 is 11.3 Å². The Balaban J connectivity index is 1.70. The largest absolute Gasteiger partial charge is 0.484 e. The summed E-state index contributed by atoms with van der Waals surface area (Å²) in [5.74, 6) is 0.550. The van der Waals surface area contributed by atoms with Crippen molar-refractivity contribution in [1.82, 2.24) is 5.32 Å². The van der Waals surface area contributed by atoms with Gasteiger partial charge in [0, 0.05) is 4.88 Å². The van der Waals surface area contributed by atoms with Crippen LogP contribution in [0.5, 0.6) is 5.75 Å². The molecule has 3 nitrogen and oxygen atoms in total. The topological polar surface area (TPSA) is 38.3 Å². The molecule has 0 aliphatic heterocycles. The fourth-order valence-corrected chi connectivity index (χ4v) is 3.20. The van der Waals surface area contributed by atoms with Crippen LogP contribution in [0.4, 0.5) is 0 Å². The van der Waals surface area contributed by atoms with Gasteiger partial charge in [0.15, 0.2) is 6.61 Å². The van der Waals surface area contributed by atoms with E-state index in [1.165, 1.54) is 5.56 Å². The van der Waals surface area contributed by atoms with Crippen LogP contribution in [0.2, 0.25) is 0 Å². The molecule has 1 amide bonds. The number of aryl methyl sites for hydroxylation is 1. The molecule has 1 heterocycles. The standard InChI is InChI=1S/C20H19NO2S/c1-15-9-11-16(12-10-15)20(18-8-5-13-24-18)21-19(22)14-23-17-6-3-2-4-7-17/h2-13,20H,14H2,1H3,(H,21,22)/t20-/m0/s1. The van der Waals surface area contributed by atoms with Gasteiger partial charge in [-0.2, -0.15) is 0 Å². The Hall–Kier alpha value is -2.59. The van der Waals surface area contributed by atoms with Gasteiger partial charge >= 0.3 is 0 Å². The number of nitrogens with one attached hydrogen (secondary N) is 1. The first kappa shape index (κ1) is 16.3. The molecule has 1 atom stereocenters. The summed E-state index contributed by atoms with van der Waals surface area (Å²) in [5, 5.41) is 5.09. The molecule has 0 spiro atoms. The molecule has 2 aromatic carbocycles. The number of thiophene rings is 1. The van der Waals surface area contributed by atoms with Crippen molar-refractivity contribution < 1.29 is 9.53 Å². The van der Waals surface area contributed by atoms with E-state index < -0.39 is 0 Å². The second-order valence-corrected chi connectivity index (χ2v) is 6.51. The van der Waals surface area contributed by atoms with Gasteiger partial charge in [-0.25, -0.2) is 0 Å².